The monoisotopic (exact) mass is 178 g/mol. The molecule has 0 unspecified atom stereocenters. The minimum Gasteiger partial charge on any atom is -0.377 e. The highest BCUT2D eigenvalue weighted by Gasteiger charge is 1.99. The molecule has 0 saturated carbocycles. The fraction of sp³-hybridized carbons (Fsp3) is 0.286. The third kappa shape index (κ3) is 1.66. The molecule has 2 heterocycles. The van der Waals surface area contributed by atoms with Crippen molar-refractivity contribution in [2.24, 2.45) is 7.05 Å². The van der Waals surface area contributed by atoms with Crippen molar-refractivity contribution in [3.05, 3.63) is 24.3 Å². The van der Waals surface area contributed by atoms with Crippen molar-refractivity contribution in [3.63, 3.8) is 0 Å². The summed E-state index contributed by atoms with van der Waals surface area (Å²) in [7, 11) is 1.86. The molecule has 0 amide bonds. The van der Waals surface area contributed by atoms with Gasteiger partial charge in [0.25, 0.3) is 0 Å². The summed E-state index contributed by atoms with van der Waals surface area (Å²) < 4.78 is 1.73. The summed E-state index contributed by atoms with van der Waals surface area (Å²) in [5.74, 6) is 0. The highest BCUT2D eigenvalue weighted by atomic mass is 15.4. The molecule has 0 atom stereocenters. The Morgan fingerprint density at radius 2 is 2.46 bits per heavy atom. The van der Waals surface area contributed by atoms with Crippen LogP contribution in [0.3, 0.4) is 0 Å². The molecule has 2 aromatic rings. The van der Waals surface area contributed by atoms with E-state index in [0.29, 0.717) is 6.54 Å². The first-order valence-corrected chi connectivity index (χ1v) is 3.92. The molecular formula is C7H10N6. The summed E-state index contributed by atoms with van der Waals surface area (Å²) in [5, 5.41) is 17.3. The van der Waals surface area contributed by atoms with Crippen LogP contribution in [-0.2, 0) is 13.6 Å². The Bertz CT molecular complexity index is 362. The first-order valence-electron chi connectivity index (χ1n) is 3.92. The minimum atomic E-state index is 0.697. The van der Waals surface area contributed by atoms with Crippen LogP contribution in [0.2, 0.25) is 0 Å². The highest BCUT2D eigenvalue weighted by molar-refractivity contribution is 5.37. The van der Waals surface area contributed by atoms with Crippen molar-refractivity contribution in [2.45, 2.75) is 6.54 Å². The van der Waals surface area contributed by atoms with E-state index in [1.54, 1.807) is 23.3 Å². The normalized spacial score (nSPS) is 10.2. The van der Waals surface area contributed by atoms with Gasteiger partial charge >= 0.3 is 0 Å². The Morgan fingerprint density at radius 3 is 3.08 bits per heavy atom. The summed E-state index contributed by atoms with van der Waals surface area (Å²) in [6, 6.07) is 0. The third-order valence-corrected chi connectivity index (χ3v) is 1.78. The SMILES string of the molecule is Cn1nncc1CNc1cn[nH]c1. The molecule has 0 aliphatic rings. The smallest absolute Gasteiger partial charge is 0.0774 e. The average Bonchev–Trinajstić information content (AvgIpc) is 2.72. The number of aryl methyl sites for hydroxylation is 1. The molecule has 0 aliphatic carbocycles. The van der Waals surface area contributed by atoms with Crippen LogP contribution in [0.25, 0.3) is 0 Å². The molecule has 0 bridgehead atoms. The summed E-state index contributed by atoms with van der Waals surface area (Å²) in [6.45, 7) is 0.697. The van der Waals surface area contributed by atoms with Crippen molar-refractivity contribution >= 4 is 5.69 Å². The van der Waals surface area contributed by atoms with E-state index in [0.717, 1.165) is 11.4 Å². The number of aromatic nitrogens is 5. The van der Waals surface area contributed by atoms with Gasteiger partial charge in [-0.1, -0.05) is 5.21 Å². The molecule has 2 rings (SSSR count). The van der Waals surface area contributed by atoms with Gasteiger partial charge in [-0.15, -0.1) is 5.10 Å². The molecule has 0 aliphatic heterocycles. The number of hydrogen-bond donors (Lipinski definition) is 2. The summed E-state index contributed by atoms with van der Waals surface area (Å²) in [5.41, 5.74) is 1.99. The summed E-state index contributed by atoms with van der Waals surface area (Å²) >= 11 is 0. The summed E-state index contributed by atoms with van der Waals surface area (Å²) in [6.07, 6.45) is 5.25. The molecule has 0 radical (unpaired) electrons. The lowest BCUT2D eigenvalue weighted by Gasteiger charge is -2.01. The van der Waals surface area contributed by atoms with Gasteiger partial charge in [0, 0.05) is 13.2 Å². The lowest BCUT2D eigenvalue weighted by atomic mass is 10.4. The Labute approximate surface area is 75.0 Å². The van der Waals surface area contributed by atoms with Crippen molar-refractivity contribution in [1.82, 2.24) is 25.2 Å². The zero-order valence-corrected chi connectivity index (χ0v) is 7.23. The highest BCUT2D eigenvalue weighted by Crippen LogP contribution is 2.03. The van der Waals surface area contributed by atoms with Crippen LogP contribution in [0.4, 0.5) is 5.69 Å². The zero-order chi connectivity index (χ0) is 9.10. The number of nitrogens with one attached hydrogen (secondary N) is 2. The van der Waals surface area contributed by atoms with Gasteiger partial charge in [0.05, 0.1) is 30.3 Å². The number of H-pyrrole nitrogens is 1. The quantitative estimate of drug-likeness (QED) is 0.701. The molecule has 0 spiro atoms. The van der Waals surface area contributed by atoms with Gasteiger partial charge in [0.2, 0.25) is 0 Å². The van der Waals surface area contributed by atoms with E-state index in [1.165, 1.54) is 0 Å². The third-order valence-electron chi connectivity index (χ3n) is 1.78. The van der Waals surface area contributed by atoms with E-state index < -0.39 is 0 Å². The standard InChI is InChI=1S/C7H10N6/c1-13-7(5-11-12-13)4-8-6-2-9-10-3-6/h2-3,5,8H,4H2,1H3,(H,9,10). The number of aromatic amines is 1. The second-order valence-electron chi connectivity index (χ2n) is 2.69. The maximum absolute atomic E-state index is 3.82. The van der Waals surface area contributed by atoms with E-state index >= 15 is 0 Å². The van der Waals surface area contributed by atoms with Crippen LogP contribution in [-0.4, -0.2) is 25.2 Å². The predicted octanol–water partition coefficient (Wildman–Crippen LogP) is 0.150. The van der Waals surface area contributed by atoms with Crippen LogP contribution in [0.15, 0.2) is 18.6 Å². The van der Waals surface area contributed by atoms with Crippen LogP contribution < -0.4 is 5.32 Å². The molecule has 0 saturated heterocycles. The zero-order valence-electron chi connectivity index (χ0n) is 7.23. The lowest BCUT2D eigenvalue weighted by Crippen LogP contribution is -2.04. The molecule has 0 aromatic carbocycles. The van der Waals surface area contributed by atoms with Crippen LogP contribution >= 0.6 is 0 Å². The predicted molar refractivity (Wildman–Crippen MR) is 46.9 cm³/mol. The molecule has 68 valence electrons. The van der Waals surface area contributed by atoms with Crippen molar-refractivity contribution in [3.8, 4) is 0 Å². The molecule has 2 N–H and O–H groups in total. The van der Waals surface area contributed by atoms with Crippen molar-refractivity contribution < 1.29 is 0 Å². The van der Waals surface area contributed by atoms with Gasteiger partial charge in [0.1, 0.15) is 0 Å². The second kappa shape index (κ2) is 3.26. The van der Waals surface area contributed by atoms with Crippen LogP contribution in [0.5, 0.6) is 0 Å². The maximum atomic E-state index is 3.82. The number of hydrogen-bond acceptors (Lipinski definition) is 4. The molecule has 6 heteroatoms. The number of rotatable bonds is 3. The molecule has 0 fully saturated rings. The lowest BCUT2D eigenvalue weighted by molar-refractivity contribution is 0.683. The van der Waals surface area contributed by atoms with E-state index in [9.17, 15) is 0 Å². The fourth-order valence-corrected chi connectivity index (χ4v) is 1.01. The molecule has 13 heavy (non-hydrogen) atoms. The van der Waals surface area contributed by atoms with E-state index in [-0.39, 0.29) is 0 Å². The van der Waals surface area contributed by atoms with Gasteiger partial charge in [-0.05, 0) is 0 Å². The van der Waals surface area contributed by atoms with E-state index in [2.05, 4.69) is 25.8 Å². The topological polar surface area (TPSA) is 71.4 Å². The Kier molecular flexibility index (Phi) is 1.95. The Hall–Kier alpha value is -1.85. The Morgan fingerprint density at radius 1 is 1.54 bits per heavy atom. The first kappa shape index (κ1) is 7.78. The molecule has 2 aromatic heterocycles. The van der Waals surface area contributed by atoms with Gasteiger partial charge in [0.15, 0.2) is 0 Å². The van der Waals surface area contributed by atoms with Gasteiger partial charge in [-0.25, -0.2) is 0 Å². The van der Waals surface area contributed by atoms with Gasteiger partial charge in [-0.2, -0.15) is 5.10 Å². The molecular weight excluding hydrogens is 168 g/mol. The fourth-order valence-electron chi connectivity index (χ4n) is 1.01. The maximum Gasteiger partial charge on any atom is 0.0774 e. The largest absolute Gasteiger partial charge is 0.377 e. The van der Waals surface area contributed by atoms with E-state index in [1.807, 2.05) is 7.05 Å². The summed E-state index contributed by atoms with van der Waals surface area (Å²) in [4.78, 5) is 0. The van der Waals surface area contributed by atoms with Crippen LogP contribution in [0.1, 0.15) is 5.69 Å². The Balaban J connectivity index is 1.97. The number of anilines is 1. The molecule has 6 nitrogen and oxygen atoms in total. The van der Waals surface area contributed by atoms with Gasteiger partial charge < -0.3 is 5.32 Å². The first-order chi connectivity index (χ1) is 6.36. The van der Waals surface area contributed by atoms with Crippen molar-refractivity contribution in [1.29, 1.82) is 0 Å². The second-order valence-corrected chi connectivity index (χ2v) is 2.69. The average molecular weight is 178 g/mol. The van der Waals surface area contributed by atoms with Gasteiger partial charge in [-0.3, -0.25) is 9.78 Å². The minimum absolute atomic E-state index is 0.697. The van der Waals surface area contributed by atoms with Crippen LogP contribution in [0, 0.1) is 0 Å². The van der Waals surface area contributed by atoms with Crippen molar-refractivity contribution in [2.75, 3.05) is 5.32 Å². The number of nitrogens with zero attached hydrogens (tertiary/aromatic N) is 4. The van der Waals surface area contributed by atoms with E-state index in [4.69, 9.17) is 0 Å².